The van der Waals surface area contributed by atoms with Crippen LogP contribution in [-0.4, -0.2) is 22.5 Å². The highest BCUT2D eigenvalue weighted by molar-refractivity contribution is 5.89. The molecule has 0 saturated heterocycles. The zero-order valence-corrected chi connectivity index (χ0v) is 12.5. The number of amides is 1. The molecule has 0 aliphatic carbocycles. The van der Waals surface area contributed by atoms with Crippen molar-refractivity contribution < 1.29 is 9.53 Å². The standard InChI is InChI=1S/C16H19N3O2/c1-11-4-6-14(7-5-11)21-9-8-15(20)19-16-17-12(2)10-13(3)18-16/h4-7,10H,8-9H2,1-3H3,(H,17,18,19,20). The first kappa shape index (κ1) is 15.0. The van der Waals surface area contributed by atoms with Gasteiger partial charge < -0.3 is 4.74 Å². The van der Waals surface area contributed by atoms with Crippen molar-refractivity contribution in [2.75, 3.05) is 11.9 Å². The van der Waals surface area contributed by atoms with Gasteiger partial charge in [-0.05, 0) is 39.0 Å². The van der Waals surface area contributed by atoms with Gasteiger partial charge in [-0.15, -0.1) is 0 Å². The number of rotatable bonds is 5. The van der Waals surface area contributed by atoms with Gasteiger partial charge in [0.05, 0.1) is 13.0 Å². The highest BCUT2D eigenvalue weighted by atomic mass is 16.5. The predicted molar refractivity (Wildman–Crippen MR) is 81.4 cm³/mol. The molecule has 0 aliphatic heterocycles. The van der Waals surface area contributed by atoms with Gasteiger partial charge in [0.25, 0.3) is 0 Å². The van der Waals surface area contributed by atoms with Crippen LogP contribution in [0.3, 0.4) is 0 Å². The Bertz CT molecular complexity index is 604. The van der Waals surface area contributed by atoms with Gasteiger partial charge in [-0.3, -0.25) is 10.1 Å². The van der Waals surface area contributed by atoms with Crippen molar-refractivity contribution in [1.29, 1.82) is 0 Å². The highest BCUT2D eigenvalue weighted by Crippen LogP contribution is 2.11. The Hall–Kier alpha value is -2.43. The van der Waals surface area contributed by atoms with Crippen molar-refractivity contribution in [3.05, 3.63) is 47.3 Å². The molecule has 21 heavy (non-hydrogen) atoms. The third-order valence-corrected chi connectivity index (χ3v) is 2.85. The van der Waals surface area contributed by atoms with Crippen LogP contribution in [0.25, 0.3) is 0 Å². The maximum Gasteiger partial charge on any atom is 0.230 e. The van der Waals surface area contributed by atoms with Gasteiger partial charge in [0.1, 0.15) is 5.75 Å². The summed E-state index contributed by atoms with van der Waals surface area (Å²) in [7, 11) is 0. The molecule has 1 aromatic carbocycles. The first-order valence-electron chi connectivity index (χ1n) is 6.84. The fraction of sp³-hybridized carbons (Fsp3) is 0.312. The van der Waals surface area contributed by atoms with Crippen LogP contribution < -0.4 is 10.1 Å². The summed E-state index contributed by atoms with van der Waals surface area (Å²) in [6.07, 6.45) is 0.254. The van der Waals surface area contributed by atoms with Gasteiger partial charge in [0.2, 0.25) is 11.9 Å². The van der Waals surface area contributed by atoms with Crippen molar-refractivity contribution in [1.82, 2.24) is 9.97 Å². The molecule has 0 radical (unpaired) electrons. The number of nitrogens with one attached hydrogen (secondary N) is 1. The first-order chi connectivity index (χ1) is 10.0. The first-order valence-corrected chi connectivity index (χ1v) is 6.84. The minimum absolute atomic E-state index is 0.160. The smallest absolute Gasteiger partial charge is 0.230 e. The third kappa shape index (κ3) is 4.87. The molecule has 0 saturated carbocycles. The summed E-state index contributed by atoms with van der Waals surface area (Å²) >= 11 is 0. The van der Waals surface area contributed by atoms with Crippen molar-refractivity contribution in [3.8, 4) is 5.75 Å². The summed E-state index contributed by atoms with van der Waals surface area (Å²) < 4.78 is 5.52. The zero-order valence-electron chi connectivity index (χ0n) is 12.5. The molecule has 1 amide bonds. The van der Waals surface area contributed by atoms with Gasteiger partial charge in [-0.25, -0.2) is 9.97 Å². The summed E-state index contributed by atoms with van der Waals surface area (Å²) in [6, 6.07) is 9.58. The van der Waals surface area contributed by atoms with E-state index in [0.717, 1.165) is 17.1 Å². The summed E-state index contributed by atoms with van der Waals surface area (Å²) in [5, 5.41) is 2.68. The number of hydrogen-bond donors (Lipinski definition) is 1. The molecule has 0 spiro atoms. The molecule has 2 aromatic rings. The number of carbonyl (C=O) groups is 1. The van der Waals surface area contributed by atoms with Crippen LogP contribution in [0.15, 0.2) is 30.3 Å². The van der Waals surface area contributed by atoms with Crippen molar-refractivity contribution >= 4 is 11.9 Å². The average Bonchev–Trinajstić information content (AvgIpc) is 2.39. The van der Waals surface area contributed by atoms with E-state index in [9.17, 15) is 4.79 Å². The number of aryl methyl sites for hydroxylation is 3. The summed E-state index contributed by atoms with van der Waals surface area (Å²) in [4.78, 5) is 20.1. The minimum atomic E-state index is -0.160. The normalized spacial score (nSPS) is 10.2. The van der Waals surface area contributed by atoms with E-state index in [4.69, 9.17) is 4.74 Å². The number of ether oxygens (including phenoxy) is 1. The molecule has 1 N–H and O–H groups in total. The number of benzene rings is 1. The SMILES string of the molecule is Cc1ccc(OCCC(=O)Nc2nc(C)cc(C)n2)cc1. The van der Waals surface area contributed by atoms with Gasteiger partial charge in [0.15, 0.2) is 0 Å². The second kappa shape index (κ2) is 6.83. The number of anilines is 1. The Morgan fingerprint density at radius 1 is 1.10 bits per heavy atom. The van der Waals surface area contributed by atoms with E-state index in [-0.39, 0.29) is 12.3 Å². The summed E-state index contributed by atoms with van der Waals surface area (Å²) in [5.74, 6) is 0.941. The van der Waals surface area contributed by atoms with Crippen LogP contribution >= 0.6 is 0 Å². The third-order valence-electron chi connectivity index (χ3n) is 2.85. The monoisotopic (exact) mass is 285 g/mol. The molecule has 0 fully saturated rings. The lowest BCUT2D eigenvalue weighted by molar-refractivity contribution is -0.116. The van der Waals surface area contributed by atoms with E-state index in [1.165, 1.54) is 5.56 Å². The van der Waals surface area contributed by atoms with Crippen LogP contribution in [0.5, 0.6) is 5.75 Å². The fourth-order valence-corrected chi connectivity index (χ4v) is 1.87. The lowest BCUT2D eigenvalue weighted by Gasteiger charge is -2.07. The van der Waals surface area contributed by atoms with Crippen molar-refractivity contribution in [2.45, 2.75) is 27.2 Å². The zero-order chi connectivity index (χ0) is 15.2. The fourth-order valence-electron chi connectivity index (χ4n) is 1.87. The molecular weight excluding hydrogens is 266 g/mol. The van der Waals surface area contributed by atoms with E-state index >= 15 is 0 Å². The maximum atomic E-state index is 11.8. The lowest BCUT2D eigenvalue weighted by Crippen LogP contribution is -2.17. The molecule has 1 heterocycles. The van der Waals surface area contributed by atoms with Crippen LogP contribution in [0.2, 0.25) is 0 Å². The van der Waals surface area contributed by atoms with E-state index in [1.807, 2.05) is 51.1 Å². The second-order valence-electron chi connectivity index (χ2n) is 4.93. The molecule has 110 valence electrons. The number of hydrogen-bond acceptors (Lipinski definition) is 4. The molecule has 0 bridgehead atoms. The molecule has 5 nitrogen and oxygen atoms in total. The summed E-state index contributed by atoms with van der Waals surface area (Å²) in [6.45, 7) is 6.07. The molecule has 0 atom stereocenters. The predicted octanol–water partition coefficient (Wildman–Crippen LogP) is 2.81. The minimum Gasteiger partial charge on any atom is -0.493 e. The Morgan fingerprint density at radius 2 is 1.71 bits per heavy atom. The second-order valence-corrected chi connectivity index (χ2v) is 4.93. The maximum absolute atomic E-state index is 11.8. The van der Waals surface area contributed by atoms with Crippen LogP contribution in [0, 0.1) is 20.8 Å². The number of aromatic nitrogens is 2. The van der Waals surface area contributed by atoms with Gasteiger partial charge in [-0.2, -0.15) is 0 Å². The highest BCUT2D eigenvalue weighted by Gasteiger charge is 2.06. The summed E-state index contributed by atoms with van der Waals surface area (Å²) in [5.41, 5.74) is 2.83. The number of carbonyl (C=O) groups excluding carboxylic acids is 1. The largest absolute Gasteiger partial charge is 0.493 e. The van der Waals surface area contributed by atoms with E-state index in [1.54, 1.807) is 0 Å². The van der Waals surface area contributed by atoms with E-state index in [0.29, 0.717) is 12.6 Å². The topological polar surface area (TPSA) is 64.1 Å². The molecular formula is C16H19N3O2. The molecule has 2 rings (SSSR count). The number of nitrogens with zero attached hydrogens (tertiary/aromatic N) is 2. The van der Waals surface area contributed by atoms with Crippen molar-refractivity contribution in [2.24, 2.45) is 0 Å². The molecule has 1 aromatic heterocycles. The average molecular weight is 285 g/mol. The Balaban J connectivity index is 1.80. The lowest BCUT2D eigenvalue weighted by atomic mass is 10.2. The Morgan fingerprint density at radius 3 is 2.33 bits per heavy atom. The van der Waals surface area contributed by atoms with Crippen molar-refractivity contribution in [3.63, 3.8) is 0 Å². The Kier molecular flexibility index (Phi) is 4.87. The Labute approximate surface area is 124 Å². The van der Waals surface area contributed by atoms with Gasteiger partial charge >= 0.3 is 0 Å². The van der Waals surface area contributed by atoms with Gasteiger partial charge in [-0.1, -0.05) is 17.7 Å². The van der Waals surface area contributed by atoms with Gasteiger partial charge in [0, 0.05) is 11.4 Å². The quantitative estimate of drug-likeness (QED) is 0.917. The van der Waals surface area contributed by atoms with Crippen LogP contribution in [0.4, 0.5) is 5.95 Å². The molecule has 0 aliphatic rings. The van der Waals surface area contributed by atoms with Crippen LogP contribution in [-0.2, 0) is 4.79 Å². The molecule has 5 heteroatoms. The van der Waals surface area contributed by atoms with E-state index in [2.05, 4.69) is 15.3 Å². The van der Waals surface area contributed by atoms with Crippen LogP contribution in [0.1, 0.15) is 23.4 Å². The van der Waals surface area contributed by atoms with E-state index < -0.39 is 0 Å². The molecule has 0 unspecified atom stereocenters.